The molecule has 1 aromatic heterocycles. The van der Waals surface area contributed by atoms with Gasteiger partial charge in [-0.15, -0.1) is 11.3 Å². The molecule has 158 valence electrons. The van der Waals surface area contributed by atoms with E-state index in [2.05, 4.69) is 5.32 Å². The van der Waals surface area contributed by atoms with Gasteiger partial charge in [0, 0.05) is 46.9 Å². The Balaban J connectivity index is 1.61. The van der Waals surface area contributed by atoms with E-state index >= 15 is 0 Å². The highest BCUT2D eigenvalue weighted by Crippen LogP contribution is 2.36. The van der Waals surface area contributed by atoms with E-state index in [0.29, 0.717) is 22.4 Å². The van der Waals surface area contributed by atoms with Gasteiger partial charge in [0.1, 0.15) is 23.4 Å². The molecule has 1 amide bonds. The van der Waals surface area contributed by atoms with Crippen LogP contribution in [0.3, 0.4) is 0 Å². The Morgan fingerprint density at radius 3 is 2.97 bits per heavy atom. The first kappa shape index (κ1) is 20.6. The van der Waals surface area contributed by atoms with Crippen LogP contribution in [0.2, 0.25) is 0 Å². The van der Waals surface area contributed by atoms with E-state index in [1.54, 1.807) is 6.07 Å². The summed E-state index contributed by atoms with van der Waals surface area (Å²) in [6.45, 7) is 4.93. The summed E-state index contributed by atoms with van der Waals surface area (Å²) in [6.07, 6.45) is 0.972. The van der Waals surface area contributed by atoms with Crippen LogP contribution < -0.4 is 14.8 Å². The lowest BCUT2D eigenvalue weighted by Crippen LogP contribution is -2.23. The molecule has 1 atom stereocenters. The summed E-state index contributed by atoms with van der Waals surface area (Å²) in [6, 6.07) is 8.78. The first-order chi connectivity index (χ1) is 14.5. The Hall–Kier alpha value is -2.64. The fourth-order valence-corrected chi connectivity index (χ4v) is 4.94. The molecule has 3 aromatic rings. The standard InChI is InChI=1S/C23H24FNO4S/c1-4-28-18-9-14-8-13(2)29-19(14)10-15(18)11-25-23(26)22-16(12-27-3)21-17(24)6-5-7-20(21)30-22/h5-7,9-10,13H,4,8,11-12H2,1-3H3,(H,25,26). The van der Waals surface area contributed by atoms with Gasteiger partial charge < -0.3 is 19.5 Å². The molecule has 0 aliphatic carbocycles. The van der Waals surface area contributed by atoms with E-state index in [-0.39, 0.29) is 31.0 Å². The molecule has 0 fully saturated rings. The Labute approximate surface area is 178 Å². The maximum atomic E-state index is 14.4. The van der Waals surface area contributed by atoms with Crippen molar-refractivity contribution < 1.29 is 23.4 Å². The second kappa shape index (κ2) is 8.62. The highest BCUT2D eigenvalue weighted by atomic mass is 32.1. The van der Waals surface area contributed by atoms with Crippen LogP contribution >= 0.6 is 11.3 Å². The number of hydrogen-bond acceptors (Lipinski definition) is 5. The summed E-state index contributed by atoms with van der Waals surface area (Å²) in [4.78, 5) is 13.5. The minimum absolute atomic E-state index is 0.129. The van der Waals surface area contributed by atoms with Gasteiger partial charge in [-0.3, -0.25) is 4.79 Å². The highest BCUT2D eigenvalue weighted by molar-refractivity contribution is 7.21. The van der Waals surface area contributed by atoms with Gasteiger partial charge in [0.2, 0.25) is 0 Å². The fraction of sp³-hybridized carbons (Fsp3) is 0.348. The lowest BCUT2D eigenvalue weighted by molar-refractivity contribution is 0.0950. The molecule has 1 unspecified atom stereocenters. The molecule has 5 nitrogen and oxygen atoms in total. The van der Waals surface area contributed by atoms with Gasteiger partial charge in [0.15, 0.2) is 0 Å². The predicted molar refractivity (Wildman–Crippen MR) is 115 cm³/mol. The lowest BCUT2D eigenvalue weighted by atomic mass is 10.1. The minimum Gasteiger partial charge on any atom is -0.494 e. The zero-order valence-electron chi connectivity index (χ0n) is 17.2. The van der Waals surface area contributed by atoms with Crippen LogP contribution in [-0.2, 0) is 24.3 Å². The van der Waals surface area contributed by atoms with Gasteiger partial charge in [0.05, 0.1) is 18.1 Å². The van der Waals surface area contributed by atoms with E-state index in [4.69, 9.17) is 14.2 Å². The van der Waals surface area contributed by atoms with E-state index in [9.17, 15) is 9.18 Å². The molecule has 1 N–H and O–H groups in total. The molecular formula is C23H24FNO4S. The number of methoxy groups -OCH3 is 1. The van der Waals surface area contributed by atoms with Crippen molar-refractivity contribution >= 4 is 27.3 Å². The third kappa shape index (κ3) is 3.87. The number of rotatable bonds is 7. The van der Waals surface area contributed by atoms with Crippen molar-refractivity contribution in [2.75, 3.05) is 13.7 Å². The van der Waals surface area contributed by atoms with Crippen LogP contribution in [0.1, 0.15) is 40.2 Å². The van der Waals surface area contributed by atoms with Crippen molar-refractivity contribution in [3.63, 3.8) is 0 Å². The molecule has 0 saturated heterocycles. The summed E-state index contributed by atoms with van der Waals surface area (Å²) in [7, 11) is 1.53. The molecule has 2 heterocycles. The number of carbonyl (C=O) groups excluding carboxylic acids is 1. The molecule has 0 saturated carbocycles. The van der Waals surface area contributed by atoms with Crippen molar-refractivity contribution in [2.45, 2.75) is 39.5 Å². The third-order valence-electron chi connectivity index (χ3n) is 5.08. The summed E-state index contributed by atoms with van der Waals surface area (Å²) in [5.74, 6) is 0.964. The van der Waals surface area contributed by atoms with E-state index in [0.717, 1.165) is 33.7 Å². The summed E-state index contributed by atoms with van der Waals surface area (Å²) < 4.78 is 32.0. The van der Waals surface area contributed by atoms with Crippen molar-refractivity contribution in [2.24, 2.45) is 0 Å². The quantitative estimate of drug-likeness (QED) is 0.584. The molecule has 1 aliphatic rings. The number of benzene rings is 2. The number of carbonyl (C=O) groups is 1. The maximum Gasteiger partial charge on any atom is 0.262 e. The topological polar surface area (TPSA) is 56.8 Å². The van der Waals surface area contributed by atoms with E-state index in [1.165, 1.54) is 24.5 Å². The van der Waals surface area contributed by atoms with Gasteiger partial charge >= 0.3 is 0 Å². The SMILES string of the molecule is CCOc1cc2c(cc1CNC(=O)c1sc3cccc(F)c3c1COC)OC(C)C2. The molecule has 2 aromatic carbocycles. The van der Waals surface area contributed by atoms with Crippen LogP contribution in [0.15, 0.2) is 30.3 Å². The number of amides is 1. The van der Waals surface area contributed by atoms with Crippen molar-refractivity contribution in [1.82, 2.24) is 5.32 Å². The summed E-state index contributed by atoms with van der Waals surface area (Å²) in [5.41, 5.74) is 2.53. The fourth-order valence-electron chi connectivity index (χ4n) is 3.80. The van der Waals surface area contributed by atoms with Crippen LogP contribution in [0, 0.1) is 5.82 Å². The predicted octanol–water partition coefficient (Wildman–Crippen LogP) is 4.84. The molecular weight excluding hydrogens is 405 g/mol. The van der Waals surface area contributed by atoms with Gasteiger partial charge in [-0.1, -0.05) is 6.07 Å². The Kier molecular flexibility index (Phi) is 5.92. The zero-order chi connectivity index (χ0) is 21.3. The first-order valence-electron chi connectivity index (χ1n) is 9.94. The number of ether oxygens (including phenoxy) is 3. The van der Waals surface area contributed by atoms with Crippen LogP contribution in [0.5, 0.6) is 11.5 Å². The second-order valence-corrected chi connectivity index (χ2v) is 8.32. The van der Waals surface area contributed by atoms with Crippen molar-refractivity contribution in [1.29, 1.82) is 0 Å². The Bertz CT molecular complexity index is 1090. The Morgan fingerprint density at radius 2 is 2.20 bits per heavy atom. The third-order valence-corrected chi connectivity index (χ3v) is 6.27. The van der Waals surface area contributed by atoms with Crippen LogP contribution in [-0.4, -0.2) is 25.7 Å². The smallest absolute Gasteiger partial charge is 0.262 e. The summed E-state index contributed by atoms with van der Waals surface area (Å²) in [5, 5.41) is 3.40. The van der Waals surface area contributed by atoms with Gasteiger partial charge in [0.25, 0.3) is 5.91 Å². The van der Waals surface area contributed by atoms with Gasteiger partial charge in [-0.2, -0.15) is 0 Å². The average molecular weight is 430 g/mol. The lowest BCUT2D eigenvalue weighted by Gasteiger charge is -2.13. The average Bonchev–Trinajstić information content (AvgIpc) is 3.26. The molecule has 0 radical (unpaired) electrons. The molecule has 0 spiro atoms. The number of halogens is 1. The second-order valence-electron chi connectivity index (χ2n) is 7.27. The molecule has 1 aliphatic heterocycles. The monoisotopic (exact) mass is 429 g/mol. The van der Waals surface area contributed by atoms with Gasteiger partial charge in [-0.25, -0.2) is 4.39 Å². The number of fused-ring (bicyclic) bond motifs is 2. The molecule has 0 bridgehead atoms. The molecule has 30 heavy (non-hydrogen) atoms. The first-order valence-corrected chi connectivity index (χ1v) is 10.8. The highest BCUT2D eigenvalue weighted by Gasteiger charge is 2.24. The zero-order valence-corrected chi connectivity index (χ0v) is 18.0. The van der Waals surface area contributed by atoms with Crippen molar-refractivity contribution in [3.8, 4) is 11.5 Å². The normalized spacial score (nSPS) is 15.1. The van der Waals surface area contributed by atoms with Crippen LogP contribution in [0.25, 0.3) is 10.1 Å². The molecule has 4 rings (SSSR count). The molecule has 7 heteroatoms. The van der Waals surface area contributed by atoms with Crippen molar-refractivity contribution in [3.05, 3.63) is 57.7 Å². The number of thiophene rings is 1. The van der Waals surface area contributed by atoms with Gasteiger partial charge in [-0.05, 0) is 38.1 Å². The number of nitrogens with one attached hydrogen (secondary N) is 1. The largest absolute Gasteiger partial charge is 0.494 e. The number of hydrogen-bond donors (Lipinski definition) is 1. The Morgan fingerprint density at radius 1 is 1.37 bits per heavy atom. The summed E-state index contributed by atoms with van der Waals surface area (Å²) >= 11 is 1.27. The minimum atomic E-state index is -0.349. The van der Waals surface area contributed by atoms with E-state index < -0.39 is 0 Å². The van der Waals surface area contributed by atoms with Crippen LogP contribution in [0.4, 0.5) is 4.39 Å². The van der Waals surface area contributed by atoms with E-state index in [1.807, 2.05) is 32.0 Å². The maximum absolute atomic E-state index is 14.4.